The number of aliphatic imine (C=N–C) groups is 1. The topological polar surface area (TPSA) is 38.7 Å². The summed E-state index contributed by atoms with van der Waals surface area (Å²) in [5.74, 6) is -0.0741. The van der Waals surface area contributed by atoms with Gasteiger partial charge in [0.15, 0.2) is 5.70 Å². The fourth-order valence-electron chi connectivity index (χ4n) is 3.39. The monoisotopic (exact) mass is 349 g/mol. The highest BCUT2D eigenvalue weighted by Gasteiger charge is 2.25. The lowest BCUT2D eigenvalue weighted by Crippen LogP contribution is -2.05. The van der Waals surface area contributed by atoms with E-state index in [-0.39, 0.29) is 0 Å². The van der Waals surface area contributed by atoms with Gasteiger partial charge in [0.25, 0.3) is 0 Å². The molecule has 1 aliphatic heterocycles. The Morgan fingerprint density at radius 3 is 2.37 bits per heavy atom. The van der Waals surface area contributed by atoms with Gasteiger partial charge >= 0.3 is 5.97 Å². The second-order valence-corrected chi connectivity index (χ2v) is 6.47. The number of esters is 1. The molecule has 4 aromatic rings. The molecule has 0 saturated heterocycles. The molecule has 27 heavy (non-hydrogen) atoms. The number of nitrogens with zero attached hydrogens (tertiary/aromatic N) is 1. The Kier molecular flexibility index (Phi) is 3.58. The predicted octanol–water partition coefficient (Wildman–Crippen LogP) is 5.34. The van der Waals surface area contributed by atoms with Crippen molar-refractivity contribution < 1.29 is 9.53 Å². The minimum absolute atomic E-state index is 0.313. The Bertz CT molecular complexity index is 1260. The van der Waals surface area contributed by atoms with Gasteiger partial charge in [-0.2, -0.15) is 0 Å². The summed E-state index contributed by atoms with van der Waals surface area (Å²) in [4.78, 5) is 16.8. The SMILES string of the molecule is O=C1OC(c2cccc3ccccc23)=NC1=Cc1ccc2ccccc2c1. The molecule has 0 saturated carbocycles. The minimum Gasteiger partial charge on any atom is -0.402 e. The molecular weight excluding hydrogens is 334 g/mol. The highest BCUT2D eigenvalue weighted by atomic mass is 16.6. The molecule has 0 unspecified atom stereocenters. The Morgan fingerprint density at radius 2 is 1.48 bits per heavy atom. The number of carbonyl (C=O) groups is 1. The Hall–Kier alpha value is -3.72. The van der Waals surface area contributed by atoms with Crippen LogP contribution in [0.5, 0.6) is 0 Å². The van der Waals surface area contributed by atoms with Crippen molar-refractivity contribution in [1.82, 2.24) is 0 Å². The largest absolute Gasteiger partial charge is 0.402 e. The van der Waals surface area contributed by atoms with Crippen LogP contribution in [-0.2, 0) is 9.53 Å². The first-order valence-electron chi connectivity index (χ1n) is 8.77. The highest BCUT2D eigenvalue weighted by molar-refractivity contribution is 6.17. The molecule has 1 heterocycles. The minimum atomic E-state index is -0.425. The van der Waals surface area contributed by atoms with Crippen LogP contribution in [0, 0.1) is 0 Å². The third-order valence-electron chi connectivity index (χ3n) is 4.72. The molecule has 4 aromatic carbocycles. The third-order valence-corrected chi connectivity index (χ3v) is 4.72. The maximum Gasteiger partial charge on any atom is 0.363 e. The lowest BCUT2D eigenvalue weighted by Gasteiger charge is -2.04. The van der Waals surface area contributed by atoms with Gasteiger partial charge in [0.1, 0.15) is 0 Å². The summed E-state index contributed by atoms with van der Waals surface area (Å²) < 4.78 is 5.47. The van der Waals surface area contributed by atoms with Gasteiger partial charge in [0, 0.05) is 5.56 Å². The van der Waals surface area contributed by atoms with E-state index in [4.69, 9.17) is 4.74 Å². The van der Waals surface area contributed by atoms with Crippen molar-refractivity contribution in [3.05, 3.63) is 102 Å². The average Bonchev–Trinajstić information content (AvgIpc) is 3.07. The number of hydrogen-bond acceptors (Lipinski definition) is 3. The van der Waals surface area contributed by atoms with E-state index in [1.54, 1.807) is 6.08 Å². The molecule has 5 rings (SSSR count). The molecule has 0 aromatic heterocycles. The molecule has 0 atom stereocenters. The standard InChI is InChI=1S/C24H15NO2/c26-24-22(15-16-12-13-17-6-1-2-8-19(17)14-16)25-23(27-24)21-11-5-9-18-7-3-4-10-20(18)21/h1-15H. The molecule has 0 amide bonds. The molecule has 0 bridgehead atoms. The number of fused-ring (bicyclic) bond motifs is 2. The summed E-state index contributed by atoms with van der Waals surface area (Å²) in [7, 11) is 0. The highest BCUT2D eigenvalue weighted by Crippen LogP contribution is 2.25. The van der Waals surface area contributed by atoms with Crippen LogP contribution in [-0.4, -0.2) is 11.9 Å². The van der Waals surface area contributed by atoms with E-state index in [2.05, 4.69) is 17.1 Å². The average molecular weight is 349 g/mol. The normalized spacial score (nSPS) is 15.3. The maximum atomic E-state index is 12.4. The van der Waals surface area contributed by atoms with Gasteiger partial charge in [-0.15, -0.1) is 0 Å². The molecular formula is C24H15NO2. The smallest absolute Gasteiger partial charge is 0.363 e. The van der Waals surface area contributed by atoms with Gasteiger partial charge in [-0.3, -0.25) is 0 Å². The zero-order valence-electron chi connectivity index (χ0n) is 14.4. The fraction of sp³-hybridized carbons (Fsp3) is 0. The van der Waals surface area contributed by atoms with E-state index in [9.17, 15) is 4.79 Å². The van der Waals surface area contributed by atoms with E-state index in [1.807, 2.05) is 72.8 Å². The van der Waals surface area contributed by atoms with Gasteiger partial charge in [-0.25, -0.2) is 9.79 Å². The second-order valence-electron chi connectivity index (χ2n) is 6.47. The Morgan fingerprint density at radius 1 is 0.741 bits per heavy atom. The first kappa shape index (κ1) is 15.5. The van der Waals surface area contributed by atoms with Crippen molar-refractivity contribution in [3.8, 4) is 0 Å². The van der Waals surface area contributed by atoms with Crippen molar-refractivity contribution in [3.63, 3.8) is 0 Å². The lowest BCUT2D eigenvalue weighted by atomic mass is 10.0. The van der Waals surface area contributed by atoms with E-state index in [0.29, 0.717) is 11.6 Å². The number of rotatable bonds is 2. The predicted molar refractivity (Wildman–Crippen MR) is 109 cm³/mol. The maximum absolute atomic E-state index is 12.4. The molecule has 3 heteroatoms. The van der Waals surface area contributed by atoms with Crippen LogP contribution < -0.4 is 0 Å². The molecule has 3 nitrogen and oxygen atoms in total. The third kappa shape index (κ3) is 2.79. The molecule has 0 N–H and O–H groups in total. The zero-order chi connectivity index (χ0) is 18.2. The summed E-state index contributed by atoms with van der Waals surface area (Å²) in [5.41, 5.74) is 2.06. The quantitative estimate of drug-likeness (QED) is 0.362. The molecule has 0 spiro atoms. The number of benzene rings is 4. The van der Waals surface area contributed by atoms with Crippen molar-refractivity contribution in [2.24, 2.45) is 4.99 Å². The van der Waals surface area contributed by atoms with Crippen LogP contribution >= 0.6 is 0 Å². The van der Waals surface area contributed by atoms with Gasteiger partial charge < -0.3 is 4.74 Å². The van der Waals surface area contributed by atoms with Gasteiger partial charge in [-0.05, 0) is 45.3 Å². The molecule has 0 fully saturated rings. The Balaban J connectivity index is 1.58. The number of ether oxygens (including phenoxy) is 1. The number of cyclic esters (lactones) is 1. The summed E-state index contributed by atoms with van der Waals surface area (Å²) in [6.07, 6.45) is 1.77. The van der Waals surface area contributed by atoms with Crippen molar-refractivity contribution in [1.29, 1.82) is 0 Å². The molecule has 128 valence electrons. The zero-order valence-corrected chi connectivity index (χ0v) is 14.4. The number of carbonyl (C=O) groups excluding carboxylic acids is 1. The fourth-order valence-corrected chi connectivity index (χ4v) is 3.39. The van der Waals surface area contributed by atoms with Crippen molar-refractivity contribution >= 4 is 39.5 Å². The molecule has 0 aliphatic carbocycles. The van der Waals surface area contributed by atoms with E-state index in [0.717, 1.165) is 32.7 Å². The first-order chi connectivity index (χ1) is 13.3. The van der Waals surface area contributed by atoms with Crippen LogP contribution in [0.1, 0.15) is 11.1 Å². The summed E-state index contributed by atoms with van der Waals surface area (Å²) >= 11 is 0. The summed E-state index contributed by atoms with van der Waals surface area (Å²) in [5, 5.41) is 4.38. The van der Waals surface area contributed by atoms with Crippen LogP contribution in [0.2, 0.25) is 0 Å². The summed E-state index contributed by atoms with van der Waals surface area (Å²) in [6.45, 7) is 0. The van der Waals surface area contributed by atoms with E-state index >= 15 is 0 Å². The van der Waals surface area contributed by atoms with Crippen molar-refractivity contribution in [2.75, 3.05) is 0 Å². The van der Waals surface area contributed by atoms with Crippen LogP contribution in [0.25, 0.3) is 27.6 Å². The van der Waals surface area contributed by atoms with Gasteiger partial charge in [0.2, 0.25) is 5.90 Å². The van der Waals surface area contributed by atoms with Gasteiger partial charge in [-0.1, -0.05) is 72.8 Å². The first-order valence-corrected chi connectivity index (χ1v) is 8.77. The number of hydrogen-bond donors (Lipinski definition) is 0. The van der Waals surface area contributed by atoms with E-state index < -0.39 is 5.97 Å². The Labute approximate surface area is 156 Å². The van der Waals surface area contributed by atoms with Crippen LogP contribution in [0.3, 0.4) is 0 Å². The van der Waals surface area contributed by atoms with Crippen LogP contribution in [0.4, 0.5) is 0 Å². The van der Waals surface area contributed by atoms with Crippen LogP contribution in [0.15, 0.2) is 95.6 Å². The molecule has 0 radical (unpaired) electrons. The summed E-state index contributed by atoms with van der Waals surface area (Å²) in [6, 6.07) is 28.1. The van der Waals surface area contributed by atoms with Crippen molar-refractivity contribution in [2.45, 2.75) is 0 Å². The lowest BCUT2D eigenvalue weighted by molar-refractivity contribution is -0.129. The van der Waals surface area contributed by atoms with E-state index in [1.165, 1.54) is 0 Å². The molecule has 1 aliphatic rings. The van der Waals surface area contributed by atoms with Gasteiger partial charge in [0.05, 0.1) is 0 Å². The second kappa shape index (κ2) is 6.22.